The monoisotopic (exact) mass is 446 g/mol. The van der Waals surface area contributed by atoms with Crippen molar-refractivity contribution >= 4 is 23.4 Å². The Morgan fingerprint density at radius 1 is 1.06 bits per heavy atom. The Morgan fingerprint density at radius 3 is 2.53 bits per heavy atom. The second kappa shape index (κ2) is 10.2. The summed E-state index contributed by atoms with van der Waals surface area (Å²) in [5.74, 6) is 1.04. The molecule has 10 heteroatoms. The standard InChI is InChI=1S/C22H30N4O6/c1-24(13-21(28)26-8-10-30-11-9-26)20(27)14-25-6-4-16(5-7-25)22(29)23-17-2-3-18-19(12-17)32-15-31-18/h2-3,12,16H,4-11,13-15H2,1H3,(H,23,29). The van der Waals surface area contributed by atoms with Crippen molar-refractivity contribution in [2.24, 2.45) is 5.92 Å². The van der Waals surface area contributed by atoms with Crippen LogP contribution in [0.25, 0.3) is 0 Å². The van der Waals surface area contributed by atoms with Gasteiger partial charge in [-0.1, -0.05) is 0 Å². The quantitative estimate of drug-likeness (QED) is 0.674. The number of anilines is 1. The number of carbonyl (C=O) groups excluding carboxylic acids is 3. The second-order valence-electron chi connectivity index (χ2n) is 8.35. The number of piperidine rings is 1. The van der Waals surface area contributed by atoms with Crippen molar-refractivity contribution in [3.63, 3.8) is 0 Å². The summed E-state index contributed by atoms with van der Waals surface area (Å²) in [5.41, 5.74) is 0.684. The maximum Gasteiger partial charge on any atom is 0.242 e. The zero-order chi connectivity index (χ0) is 22.5. The van der Waals surface area contributed by atoms with Gasteiger partial charge in [-0.05, 0) is 38.1 Å². The molecule has 0 atom stereocenters. The summed E-state index contributed by atoms with van der Waals surface area (Å²) in [5, 5.41) is 2.95. The molecule has 0 bridgehead atoms. The summed E-state index contributed by atoms with van der Waals surface area (Å²) in [7, 11) is 1.66. The fourth-order valence-electron chi connectivity index (χ4n) is 4.09. The smallest absolute Gasteiger partial charge is 0.242 e. The van der Waals surface area contributed by atoms with Crippen LogP contribution in [0.4, 0.5) is 5.69 Å². The SMILES string of the molecule is CN(CC(=O)N1CCOCC1)C(=O)CN1CCC(C(=O)Nc2ccc3c(c2)OCO3)CC1. The number of carbonyl (C=O) groups is 3. The van der Waals surface area contributed by atoms with E-state index in [0.717, 1.165) is 0 Å². The second-order valence-corrected chi connectivity index (χ2v) is 8.35. The fraction of sp³-hybridized carbons (Fsp3) is 0.591. The van der Waals surface area contributed by atoms with E-state index in [2.05, 4.69) is 5.32 Å². The summed E-state index contributed by atoms with van der Waals surface area (Å²) in [6.45, 7) is 4.08. The van der Waals surface area contributed by atoms with Crippen LogP contribution in [0.3, 0.4) is 0 Å². The van der Waals surface area contributed by atoms with E-state index in [1.165, 1.54) is 4.90 Å². The molecule has 0 spiro atoms. The zero-order valence-electron chi connectivity index (χ0n) is 18.4. The molecule has 0 saturated carbocycles. The third-order valence-electron chi connectivity index (χ3n) is 6.12. The summed E-state index contributed by atoms with van der Waals surface area (Å²) >= 11 is 0. The topological polar surface area (TPSA) is 101 Å². The van der Waals surface area contributed by atoms with Gasteiger partial charge in [0.05, 0.1) is 26.3 Å². The number of benzene rings is 1. The number of nitrogens with zero attached hydrogens (tertiary/aromatic N) is 3. The molecule has 10 nitrogen and oxygen atoms in total. The lowest BCUT2D eigenvalue weighted by atomic mass is 9.95. The van der Waals surface area contributed by atoms with Crippen LogP contribution in [0.5, 0.6) is 11.5 Å². The number of nitrogens with one attached hydrogen (secondary N) is 1. The lowest BCUT2D eigenvalue weighted by Crippen LogP contribution is -2.48. The number of likely N-dealkylation sites (N-methyl/N-ethyl adjacent to an activating group) is 1. The van der Waals surface area contributed by atoms with Crippen LogP contribution >= 0.6 is 0 Å². The number of amides is 3. The fourth-order valence-corrected chi connectivity index (χ4v) is 4.09. The first-order valence-electron chi connectivity index (χ1n) is 11.0. The molecule has 0 radical (unpaired) electrons. The van der Waals surface area contributed by atoms with Gasteiger partial charge < -0.3 is 29.3 Å². The average Bonchev–Trinajstić information content (AvgIpc) is 3.28. The molecular weight excluding hydrogens is 416 g/mol. The van der Waals surface area contributed by atoms with Crippen LogP contribution in [0.2, 0.25) is 0 Å². The normalized spacial score (nSPS) is 19.0. The van der Waals surface area contributed by atoms with Crippen molar-refractivity contribution in [1.82, 2.24) is 14.7 Å². The van der Waals surface area contributed by atoms with E-state index in [9.17, 15) is 14.4 Å². The van der Waals surface area contributed by atoms with E-state index in [-0.39, 0.29) is 43.5 Å². The lowest BCUT2D eigenvalue weighted by Gasteiger charge is -2.32. The molecule has 0 aliphatic carbocycles. The third kappa shape index (κ3) is 5.49. The molecular formula is C22H30N4O6. The Kier molecular flexibility index (Phi) is 7.11. The first-order chi connectivity index (χ1) is 15.5. The number of hydrogen-bond donors (Lipinski definition) is 1. The molecule has 1 aromatic carbocycles. The summed E-state index contributed by atoms with van der Waals surface area (Å²) in [6.07, 6.45) is 1.36. The number of ether oxygens (including phenoxy) is 3. The zero-order valence-corrected chi connectivity index (χ0v) is 18.4. The molecule has 2 saturated heterocycles. The van der Waals surface area contributed by atoms with Crippen molar-refractivity contribution in [1.29, 1.82) is 0 Å². The molecule has 174 valence electrons. The average molecular weight is 447 g/mol. The molecule has 0 unspecified atom stereocenters. The summed E-state index contributed by atoms with van der Waals surface area (Å²) in [6, 6.07) is 5.35. The molecule has 1 aromatic rings. The number of likely N-dealkylation sites (tertiary alicyclic amines) is 1. The molecule has 2 fully saturated rings. The Bertz CT molecular complexity index is 849. The molecule has 0 aromatic heterocycles. The van der Waals surface area contributed by atoms with Gasteiger partial charge in [-0.25, -0.2) is 0 Å². The van der Waals surface area contributed by atoms with Crippen molar-refractivity contribution < 1.29 is 28.6 Å². The van der Waals surface area contributed by atoms with E-state index in [0.29, 0.717) is 69.4 Å². The minimum Gasteiger partial charge on any atom is -0.454 e. The third-order valence-corrected chi connectivity index (χ3v) is 6.12. The largest absolute Gasteiger partial charge is 0.454 e. The number of hydrogen-bond acceptors (Lipinski definition) is 7. The van der Waals surface area contributed by atoms with E-state index >= 15 is 0 Å². The molecule has 3 aliphatic heterocycles. The van der Waals surface area contributed by atoms with Gasteiger partial charge in [0.1, 0.15) is 0 Å². The van der Waals surface area contributed by atoms with Gasteiger partial charge >= 0.3 is 0 Å². The van der Waals surface area contributed by atoms with E-state index in [1.54, 1.807) is 30.1 Å². The maximum atomic E-state index is 12.6. The van der Waals surface area contributed by atoms with E-state index in [4.69, 9.17) is 14.2 Å². The van der Waals surface area contributed by atoms with Crippen LogP contribution < -0.4 is 14.8 Å². The van der Waals surface area contributed by atoms with Gasteiger partial charge in [-0.2, -0.15) is 0 Å². The van der Waals surface area contributed by atoms with E-state index < -0.39 is 0 Å². The van der Waals surface area contributed by atoms with Crippen molar-refractivity contribution in [2.75, 3.05) is 71.6 Å². The van der Waals surface area contributed by atoms with Crippen LogP contribution in [-0.2, 0) is 19.1 Å². The van der Waals surface area contributed by atoms with Gasteiger partial charge in [-0.3, -0.25) is 19.3 Å². The Balaban J connectivity index is 1.19. The van der Waals surface area contributed by atoms with Crippen LogP contribution in [0, 0.1) is 5.92 Å². The molecule has 3 aliphatic rings. The predicted octanol–water partition coefficient (Wildman–Crippen LogP) is 0.383. The molecule has 3 heterocycles. The van der Waals surface area contributed by atoms with Crippen LogP contribution in [0.15, 0.2) is 18.2 Å². The highest BCUT2D eigenvalue weighted by atomic mass is 16.7. The van der Waals surface area contributed by atoms with Crippen molar-refractivity contribution in [3.05, 3.63) is 18.2 Å². The summed E-state index contributed by atoms with van der Waals surface area (Å²) < 4.78 is 15.9. The van der Waals surface area contributed by atoms with Gasteiger partial charge in [0.15, 0.2) is 11.5 Å². The first-order valence-corrected chi connectivity index (χ1v) is 11.0. The van der Waals surface area contributed by atoms with E-state index in [1.807, 2.05) is 4.90 Å². The molecule has 3 amide bonds. The lowest BCUT2D eigenvalue weighted by molar-refractivity contribution is -0.142. The Hall–Kier alpha value is -2.85. The Labute approximate surface area is 187 Å². The van der Waals surface area contributed by atoms with Crippen molar-refractivity contribution in [2.45, 2.75) is 12.8 Å². The van der Waals surface area contributed by atoms with Crippen molar-refractivity contribution in [3.8, 4) is 11.5 Å². The number of morpholine rings is 1. The predicted molar refractivity (Wildman–Crippen MR) is 115 cm³/mol. The van der Waals surface area contributed by atoms with Gasteiger partial charge in [0.2, 0.25) is 24.5 Å². The summed E-state index contributed by atoms with van der Waals surface area (Å²) in [4.78, 5) is 42.8. The maximum absolute atomic E-state index is 12.6. The number of fused-ring (bicyclic) bond motifs is 1. The van der Waals surface area contributed by atoms with Gasteiger partial charge in [0, 0.05) is 37.8 Å². The minimum atomic E-state index is -0.104. The minimum absolute atomic E-state index is 0.0249. The highest BCUT2D eigenvalue weighted by molar-refractivity contribution is 5.93. The first kappa shape index (κ1) is 22.3. The van der Waals surface area contributed by atoms with Crippen LogP contribution in [-0.4, -0.2) is 98.7 Å². The van der Waals surface area contributed by atoms with Gasteiger partial charge in [0.25, 0.3) is 0 Å². The molecule has 1 N–H and O–H groups in total. The van der Waals surface area contributed by atoms with Gasteiger partial charge in [-0.15, -0.1) is 0 Å². The highest BCUT2D eigenvalue weighted by Crippen LogP contribution is 2.34. The van der Waals surface area contributed by atoms with Crippen LogP contribution in [0.1, 0.15) is 12.8 Å². The molecule has 32 heavy (non-hydrogen) atoms. The highest BCUT2D eigenvalue weighted by Gasteiger charge is 2.28. The number of rotatable bonds is 6. The molecule has 4 rings (SSSR count). The Morgan fingerprint density at radius 2 is 1.78 bits per heavy atom.